The Bertz CT molecular complexity index is 623. The highest BCUT2D eigenvalue weighted by atomic mass is 127. The molecule has 0 spiro atoms. The summed E-state index contributed by atoms with van der Waals surface area (Å²) in [6, 6.07) is 8.30. The van der Waals surface area contributed by atoms with Crippen LogP contribution < -0.4 is 15.4 Å². The van der Waals surface area contributed by atoms with E-state index in [1.165, 1.54) is 18.4 Å². The van der Waals surface area contributed by atoms with E-state index in [4.69, 9.17) is 4.74 Å². The van der Waals surface area contributed by atoms with Gasteiger partial charge in [0, 0.05) is 26.7 Å². The van der Waals surface area contributed by atoms with Gasteiger partial charge in [-0.1, -0.05) is 12.1 Å². The molecule has 1 unspecified atom stereocenters. The van der Waals surface area contributed by atoms with E-state index in [1.54, 1.807) is 14.2 Å². The monoisotopic (exact) mass is 544 g/mol. The van der Waals surface area contributed by atoms with Gasteiger partial charge in [0.05, 0.1) is 13.2 Å². The van der Waals surface area contributed by atoms with Crippen molar-refractivity contribution in [3.05, 3.63) is 29.8 Å². The van der Waals surface area contributed by atoms with Crippen LogP contribution in [0.25, 0.3) is 0 Å². The Balaban J connectivity index is 0.00000450. The number of nitrogens with one attached hydrogen (secondary N) is 2. The lowest BCUT2D eigenvalue weighted by Gasteiger charge is -2.29. The number of guanidine groups is 1. The highest BCUT2D eigenvalue weighted by Crippen LogP contribution is 2.26. The molecule has 0 aromatic heterocycles. The molecule has 0 bridgehead atoms. The summed E-state index contributed by atoms with van der Waals surface area (Å²) >= 11 is 0. The lowest BCUT2D eigenvalue weighted by atomic mass is 10.1. The molecule has 2 rings (SSSR count). The molecule has 1 atom stereocenters. The van der Waals surface area contributed by atoms with Crippen molar-refractivity contribution < 1.29 is 22.6 Å². The Morgan fingerprint density at radius 2 is 1.83 bits per heavy atom. The second-order valence-electron chi connectivity index (χ2n) is 6.93. The lowest BCUT2D eigenvalue weighted by Crippen LogP contribution is -2.43. The fraction of sp³-hybridized carbons (Fsp3) is 0.650. The molecule has 1 aromatic rings. The summed E-state index contributed by atoms with van der Waals surface area (Å²) < 4.78 is 46.0. The van der Waals surface area contributed by atoms with Crippen LogP contribution >= 0.6 is 24.0 Å². The van der Waals surface area contributed by atoms with Gasteiger partial charge in [0.1, 0.15) is 12.4 Å². The normalized spacial score (nSPS) is 16.1. The Labute approximate surface area is 193 Å². The van der Waals surface area contributed by atoms with E-state index in [9.17, 15) is 13.2 Å². The zero-order chi connectivity index (χ0) is 21.1. The summed E-state index contributed by atoms with van der Waals surface area (Å²) in [5, 5.41) is 6.46. The van der Waals surface area contributed by atoms with Crippen molar-refractivity contribution in [2.24, 2.45) is 4.99 Å². The molecule has 1 aliphatic heterocycles. The first kappa shape index (κ1) is 26.8. The number of benzene rings is 1. The Hall–Kier alpha value is -1.27. The number of halogens is 4. The molecule has 30 heavy (non-hydrogen) atoms. The average Bonchev–Trinajstić information content (AvgIpc) is 3.23. The molecule has 1 aliphatic rings. The van der Waals surface area contributed by atoms with E-state index in [0.29, 0.717) is 25.5 Å². The summed E-state index contributed by atoms with van der Waals surface area (Å²) in [4.78, 5) is 6.65. The minimum atomic E-state index is -4.28. The van der Waals surface area contributed by atoms with Crippen LogP contribution in [-0.4, -0.2) is 70.6 Å². The third-order valence-electron chi connectivity index (χ3n) is 4.79. The van der Waals surface area contributed by atoms with Crippen LogP contribution in [0.15, 0.2) is 29.3 Å². The molecular weight excluding hydrogens is 512 g/mol. The fourth-order valence-electron chi connectivity index (χ4n) is 3.32. The summed E-state index contributed by atoms with van der Waals surface area (Å²) in [5.74, 6) is 1.45. The number of ether oxygens (including phenoxy) is 2. The Kier molecular flexibility index (Phi) is 12.4. The van der Waals surface area contributed by atoms with Gasteiger partial charge >= 0.3 is 6.18 Å². The zero-order valence-electron chi connectivity index (χ0n) is 17.5. The molecule has 0 amide bonds. The van der Waals surface area contributed by atoms with Crippen LogP contribution in [0.2, 0.25) is 0 Å². The number of methoxy groups -OCH3 is 1. The summed E-state index contributed by atoms with van der Waals surface area (Å²) in [5.41, 5.74) is 1.20. The van der Waals surface area contributed by atoms with Crippen LogP contribution in [-0.2, 0) is 4.74 Å². The summed E-state index contributed by atoms with van der Waals surface area (Å²) in [7, 11) is 3.33. The number of hydrogen-bond acceptors (Lipinski definition) is 4. The SMILES string of the molecule is CN=C(NCCCOCC(F)(F)F)NCC(c1ccc(OC)cc1)N1CCCC1.I. The molecule has 6 nitrogen and oxygen atoms in total. The maximum atomic E-state index is 12.1. The zero-order valence-corrected chi connectivity index (χ0v) is 19.8. The van der Waals surface area contributed by atoms with Crippen LogP contribution in [0.5, 0.6) is 5.75 Å². The van der Waals surface area contributed by atoms with Gasteiger partial charge in [-0.05, 0) is 50.0 Å². The molecule has 1 fully saturated rings. The molecule has 10 heteroatoms. The van der Waals surface area contributed by atoms with Gasteiger partial charge in [-0.3, -0.25) is 9.89 Å². The van der Waals surface area contributed by atoms with E-state index >= 15 is 0 Å². The minimum absolute atomic E-state index is 0. The summed E-state index contributed by atoms with van der Waals surface area (Å²) in [6.45, 7) is 2.11. The first-order valence-corrected chi connectivity index (χ1v) is 9.90. The van der Waals surface area contributed by atoms with Crippen molar-refractivity contribution >= 4 is 29.9 Å². The molecule has 2 N–H and O–H groups in total. The molecule has 0 aliphatic carbocycles. The van der Waals surface area contributed by atoms with Crippen LogP contribution in [0.4, 0.5) is 13.2 Å². The Morgan fingerprint density at radius 1 is 1.17 bits per heavy atom. The van der Waals surface area contributed by atoms with Crippen molar-refractivity contribution in [1.29, 1.82) is 0 Å². The molecule has 1 heterocycles. The van der Waals surface area contributed by atoms with Crippen molar-refractivity contribution in [3.8, 4) is 5.75 Å². The Morgan fingerprint density at radius 3 is 2.40 bits per heavy atom. The first-order valence-electron chi connectivity index (χ1n) is 9.90. The second kappa shape index (κ2) is 13.9. The van der Waals surface area contributed by atoms with E-state index < -0.39 is 12.8 Å². The van der Waals surface area contributed by atoms with Gasteiger partial charge in [0.2, 0.25) is 0 Å². The second-order valence-corrected chi connectivity index (χ2v) is 6.93. The molecule has 172 valence electrons. The van der Waals surface area contributed by atoms with Crippen LogP contribution in [0, 0.1) is 0 Å². The predicted molar refractivity (Wildman–Crippen MR) is 123 cm³/mol. The largest absolute Gasteiger partial charge is 0.497 e. The van der Waals surface area contributed by atoms with E-state index in [2.05, 4.69) is 37.4 Å². The van der Waals surface area contributed by atoms with Gasteiger partial charge in [-0.2, -0.15) is 13.2 Å². The minimum Gasteiger partial charge on any atom is -0.497 e. The van der Waals surface area contributed by atoms with Crippen molar-refractivity contribution in [2.45, 2.75) is 31.5 Å². The topological polar surface area (TPSA) is 58.1 Å². The third-order valence-corrected chi connectivity index (χ3v) is 4.79. The number of alkyl halides is 3. The number of rotatable bonds is 10. The number of nitrogens with zero attached hydrogens (tertiary/aromatic N) is 2. The van der Waals surface area contributed by atoms with Gasteiger partial charge in [-0.15, -0.1) is 24.0 Å². The maximum Gasteiger partial charge on any atom is 0.411 e. The molecular formula is C20H32F3IN4O2. The standard InChI is InChI=1S/C20H31F3N4O2.HI/c1-24-19(25-10-5-13-29-15-20(21,22)23)26-14-18(27-11-3-4-12-27)16-6-8-17(28-2)9-7-16;/h6-9,18H,3-5,10-15H2,1-2H3,(H2,24,25,26);1H. The van der Waals surface area contributed by atoms with Crippen molar-refractivity contribution in [1.82, 2.24) is 15.5 Å². The van der Waals surface area contributed by atoms with Gasteiger partial charge < -0.3 is 20.1 Å². The molecule has 0 saturated carbocycles. The fourth-order valence-corrected chi connectivity index (χ4v) is 3.32. The average molecular weight is 544 g/mol. The van der Waals surface area contributed by atoms with Crippen LogP contribution in [0.3, 0.4) is 0 Å². The lowest BCUT2D eigenvalue weighted by molar-refractivity contribution is -0.173. The summed E-state index contributed by atoms with van der Waals surface area (Å²) in [6.07, 6.45) is -1.43. The smallest absolute Gasteiger partial charge is 0.411 e. The molecule has 1 saturated heterocycles. The highest BCUT2D eigenvalue weighted by Gasteiger charge is 2.27. The van der Waals surface area contributed by atoms with E-state index in [0.717, 1.165) is 18.8 Å². The maximum absolute atomic E-state index is 12.1. The van der Waals surface area contributed by atoms with Crippen molar-refractivity contribution in [3.63, 3.8) is 0 Å². The van der Waals surface area contributed by atoms with Gasteiger partial charge in [0.15, 0.2) is 5.96 Å². The molecule has 0 radical (unpaired) electrons. The number of aliphatic imine (C=N–C) groups is 1. The van der Waals surface area contributed by atoms with E-state index in [-0.39, 0.29) is 36.6 Å². The number of likely N-dealkylation sites (tertiary alicyclic amines) is 1. The quantitative estimate of drug-likeness (QED) is 0.204. The molecule has 1 aromatic carbocycles. The van der Waals surface area contributed by atoms with Crippen molar-refractivity contribution in [2.75, 3.05) is 53.6 Å². The van der Waals surface area contributed by atoms with E-state index in [1.807, 2.05) is 12.1 Å². The first-order chi connectivity index (χ1) is 13.9. The number of hydrogen-bond donors (Lipinski definition) is 2. The predicted octanol–water partition coefficient (Wildman–Crippen LogP) is 3.58. The highest BCUT2D eigenvalue weighted by molar-refractivity contribution is 14.0. The van der Waals surface area contributed by atoms with Gasteiger partial charge in [-0.25, -0.2) is 0 Å². The van der Waals surface area contributed by atoms with Crippen LogP contribution in [0.1, 0.15) is 30.9 Å². The third kappa shape index (κ3) is 9.69. The van der Waals surface area contributed by atoms with Gasteiger partial charge in [0.25, 0.3) is 0 Å².